The summed E-state index contributed by atoms with van der Waals surface area (Å²) < 4.78 is 90.7. The van der Waals surface area contributed by atoms with Crippen molar-refractivity contribution in [3.63, 3.8) is 0 Å². The van der Waals surface area contributed by atoms with E-state index in [9.17, 15) is 25.6 Å². The van der Waals surface area contributed by atoms with Gasteiger partial charge in [0.25, 0.3) is 0 Å². The number of halogens is 2. The van der Waals surface area contributed by atoms with Gasteiger partial charge in [0.15, 0.2) is 17.2 Å². The molecule has 0 aliphatic rings. The molecular weight excluding hydrogens is 584 g/mol. The van der Waals surface area contributed by atoms with Crippen molar-refractivity contribution in [1.29, 1.82) is 0 Å². The van der Waals surface area contributed by atoms with Crippen molar-refractivity contribution in [2.24, 2.45) is 5.92 Å². The molecule has 0 saturated heterocycles. The minimum atomic E-state index is -3.98. The molecule has 2 aromatic heterocycles. The van der Waals surface area contributed by atoms with Crippen molar-refractivity contribution >= 4 is 31.1 Å². The first-order valence-corrected chi connectivity index (χ1v) is 16.2. The minimum absolute atomic E-state index is 0.00762. The Hall–Kier alpha value is -3.35. The maximum absolute atomic E-state index is 14.8. The van der Waals surface area contributed by atoms with Gasteiger partial charge in [-0.15, -0.1) is 0 Å². The predicted octanol–water partition coefficient (Wildman–Crippen LogP) is 6.30. The van der Waals surface area contributed by atoms with Crippen LogP contribution in [0.3, 0.4) is 0 Å². The summed E-state index contributed by atoms with van der Waals surface area (Å²) in [6.07, 6.45) is 2.74. The molecule has 0 radical (unpaired) electrons. The van der Waals surface area contributed by atoms with Crippen LogP contribution < -0.4 is 4.74 Å². The molecule has 12 heteroatoms. The molecule has 0 amide bonds. The van der Waals surface area contributed by atoms with Crippen LogP contribution >= 0.6 is 0 Å². The van der Waals surface area contributed by atoms with E-state index >= 15 is 0 Å². The average Bonchev–Trinajstić information content (AvgIpc) is 3.31. The van der Waals surface area contributed by atoms with Crippen molar-refractivity contribution in [3.8, 4) is 28.0 Å². The number of benzene rings is 2. The molecule has 226 valence electrons. The molecule has 42 heavy (non-hydrogen) atoms. The maximum atomic E-state index is 14.8. The summed E-state index contributed by atoms with van der Waals surface area (Å²) in [4.78, 5) is 4.54. The molecule has 0 aliphatic carbocycles. The van der Waals surface area contributed by atoms with Crippen LogP contribution in [-0.4, -0.2) is 55.0 Å². The second-order valence-corrected chi connectivity index (χ2v) is 15.7. The molecule has 0 bridgehead atoms. The van der Waals surface area contributed by atoms with Crippen molar-refractivity contribution in [1.82, 2.24) is 13.3 Å². The van der Waals surface area contributed by atoms with Crippen LogP contribution in [0, 0.1) is 17.6 Å². The first-order valence-electron chi connectivity index (χ1n) is 13.3. The third-order valence-corrected chi connectivity index (χ3v) is 12.0. The lowest BCUT2D eigenvalue weighted by Crippen LogP contribution is -2.42. The summed E-state index contributed by atoms with van der Waals surface area (Å²) in [5, 5.41) is -0.509. The van der Waals surface area contributed by atoms with Gasteiger partial charge in [-0.25, -0.2) is 34.6 Å². The molecule has 0 spiro atoms. The Kier molecular flexibility index (Phi) is 8.31. The lowest BCUT2D eigenvalue weighted by molar-refractivity contribution is 0.292. The van der Waals surface area contributed by atoms with Crippen LogP contribution in [0.15, 0.2) is 59.8 Å². The lowest BCUT2D eigenvalue weighted by atomic mass is 10.0. The van der Waals surface area contributed by atoms with E-state index in [1.807, 2.05) is 0 Å². The second-order valence-electron chi connectivity index (χ2n) is 11.6. The molecule has 0 N–H and O–H groups in total. The highest BCUT2D eigenvalue weighted by Crippen LogP contribution is 2.40. The molecular formula is C30H35F2N3O5S2. The third-order valence-electron chi connectivity index (χ3n) is 7.57. The zero-order valence-corrected chi connectivity index (χ0v) is 26.4. The van der Waals surface area contributed by atoms with Gasteiger partial charge >= 0.3 is 0 Å². The van der Waals surface area contributed by atoms with E-state index in [2.05, 4.69) is 4.98 Å². The molecule has 0 aliphatic heterocycles. The van der Waals surface area contributed by atoms with Crippen molar-refractivity contribution < 1.29 is 30.4 Å². The van der Waals surface area contributed by atoms with Gasteiger partial charge < -0.3 is 4.74 Å². The Morgan fingerprint density at radius 3 is 2.21 bits per heavy atom. The number of pyridine rings is 1. The Morgan fingerprint density at radius 2 is 1.62 bits per heavy atom. The zero-order valence-electron chi connectivity index (χ0n) is 24.8. The average molecular weight is 620 g/mol. The van der Waals surface area contributed by atoms with Gasteiger partial charge in [0, 0.05) is 53.1 Å². The topological polar surface area (TPSA) is 98.6 Å². The van der Waals surface area contributed by atoms with Crippen LogP contribution in [0.2, 0.25) is 0 Å². The SMILES string of the molecule is COc1c(F)cc(F)cc1-c1cn(S(=O)(=O)C(C)C(C)C)c2ncc(-c3cccc(S(=O)(=O)N(C)C(C)(C)C)c3)cc12. The minimum Gasteiger partial charge on any atom is -0.493 e. The van der Waals surface area contributed by atoms with Crippen molar-refractivity contribution in [3.05, 3.63) is 66.5 Å². The standard InChI is InChI=1S/C30H35F2N3O5S2/c1-18(2)19(3)41(36,37)35-17-26(24-14-22(31)15-27(32)28(24)40-8)25-13-21(16-33-29(25)35)20-10-9-11-23(12-20)42(38,39)34(7)30(4,5)6/h9-19H,1-8H3. The van der Waals surface area contributed by atoms with Crippen molar-refractivity contribution in [2.45, 2.75) is 57.2 Å². The Morgan fingerprint density at radius 1 is 0.952 bits per heavy atom. The highest BCUT2D eigenvalue weighted by molar-refractivity contribution is 7.90. The molecule has 8 nitrogen and oxygen atoms in total. The predicted molar refractivity (Wildman–Crippen MR) is 160 cm³/mol. The second kappa shape index (κ2) is 11.1. The third kappa shape index (κ3) is 5.55. The van der Waals surface area contributed by atoms with Crippen LogP contribution in [0.5, 0.6) is 5.75 Å². The molecule has 1 atom stereocenters. The van der Waals surface area contributed by atoms with Crippen LogP contribution in [0.25, 0.3) is 33.3 Å². The number of ether oxygens (including phenoxy) is 1. The van der Waals surface area contributed by atoms with E-state index in [0.717, 1.165) is 10.0 Å². The molecule has 2 heterocycles. The first-order chi connectivity index (χ1) is 19.4. The fourth-order valence-corrected chi connectivity index (χ4v) is 7.74. The number of sulfonamides is 1. The van der Waals surface area contributed by atoms with E-state index in [1.165, 1.54) is 43.0 Å². The zero-order chi connectivity index (χ0) is 31.4. The number of hydrogen-bond donors (Lipinski definition) is 0. The van der Waals surface area contributed by atoms with Gasteiger partial charge in [0.05, 0.1) is 17.3 Å². The largest absolute Gasteiger partial charge is 0.493 e. The van der Waals surface area contributed by atoms with Crippen LogP contribution in [0.1, 0.15) is 41.5 Å². The van der Waals surface area contributed by atoms with E-state index in [1.54, 1.807) is 59.7 Å². The Bertz CT molecular complexity index is 1880. The van der Waals surface area contributed by atoms with E-state index in [4.69, 9.17) is 4.74 Å². The smallest absolute Gasteiger partial charge is 0.243 e. The summed E-state index contributed by atoms with van der Waals surface area (Å²) in [6.45, 7) is 10.5. The fraction of sp³-hybridized carbons (Fsp3) is 0.367. The number of hydrogen-bond acceptors (Lipinski definition) is 6. The van der Waals surface area contributed by atoms with Gasteiger partial charge in [0.1, 0.15) is 5.82 Å². The fourth-order valence-electron chi connectivity index (χ4n) is 4.49. The maximum Gasteiger partial charge on any atom is 0.243 e. The van der Waals surface area contributed by atoms with Gasteiger partial charge in [-0.05, 0) is 63.4 Å². The summed E-state index contributed by atoms with van der Waals surface area (Å²) in [5.74, 6) is -2.30. The summed E-state index contributed by atoms with van der Waals surface area (Å²) >= 11 is 0. The monoisotopic (exact) mass is 619 g/mol. The van der Waals surface area contributed by atoms with Gasteiger partial charge in [0.2, 0.25) is 20.0 Å². The quantitative estimate of drug-likeness (QED) is 0.230. The number of aromatic nitrogens is 2. The molecule has 0 fully saturated rings. The van der Waals surface area contributed by atoms with Gasteiger partial charge in [-0.2, -0.15) is 4.31 Å². The van der Waals surface area contributed by atoms with Gasteiger partial charge in [-0.3, -0.25) is 0 Å². The summed E-state index contributed by atoms with van der Waals surface area (Å²) in [5.41, 5.74) is 0.567. The number of methoxy groups -OCH3 is 1. The first kappa shape index (κ1) is 31.6. The molecule has 1 unspecified atom stereocenters. The Labute approximate surface area is 246 Å². The number of fused-ring (bicyclic) bond motifs is 1. The molecule has 2 aromatic carbocycles. The number of rotatable bonds is 8. The lowest BCUT2D eigenvalue weighted by Gasteiger charge is -2.31. The normalized spacial score (nSPS) is 13.7. The highest BCUT2D eigenvalue weighted by Gasteiger charge is 2.32. The summed E-state index contributed by atoms with van der Waals surface area (Å²) in [6, 6.07) is 9.70. The molecule has 4 aromatic rings. The number of nitrogens with zero attached hydrogens (tertiary/aromatic N) is 3. The highest BCUT2D eigenvalue weighted by atomic mass is 32.2. The summed E-state index contributed by atoms with van der Waals surface area (Å²) in [7, 11) is -5.08. The van der Waals surface area contributed by atoms with E-state index in [0.29, 0.717) is 17.2 Å². The van der Waals surface area contributed by atoms with E-state index < -0.39 is 42.5 Å². The van der Waals surface area contributed by atoms with Crippen molar-refractivity contribution in [2.75, 3.05) is 14.2 Å². The van der Waals surface area contributed by atoms with Gasteiger partial charge in [-0.1, -0.05) is 26.0 Å². The molecule has 0 saturated carbocycles. The van der Waals surface area contributed by atoms with Crippen LogP contribution in [-0.2, 0) is 20.0 Å². The molecule has 4 rings (SSSR count). The Balaban J connectivity index is 2.01. The van der Waals surface area contributed by atoms with E-state index in [-0.39, 0.29) is 38.7 Å². The van der Waals surface area contributed by atoms with Crippen LogP contribution in [0.4, 0.5) is 8.78 Å².